The molecular formula is C15H18Cl2N4O3S. The predicted octanol–water partition coefficient (Wildman–Crippen LogP) is 2.52. The average molecular weight is 405 g/mol. The van der Waals surface area contributed by atoms with Crippen LogP contribution in [0.15, 0.2) is 29.4 Å². The van der Waals surface area contributed by atoms with Crippen LogP contribution in [0, 0.1) is 5.92 Å². The van der Waals surface area contributed by atoms with Gasteiger partial charge in [0.1, 0.15) is 10.6 Å². The molecule has 1 aliphatic heterocycles. The van der Waals surface area contributed by atoms with Crippen molar-refractivity contribution in [3.63, 3.8) is 0 Å². The molecule has 0 amide bonds. The lowest BCUT2D eigenvalue weighted by Crippen LogP contribution is -2.40. The minimum atomic E-state index is -3.54. The van der Waals surface area contributed by atoms with Gasteiger partial charge in [0.2, 0.25) is 10.0 Å². The first-order valence-electron chi connectivity index (χ1n) is 7.73. The Bertz CT molecular complexity index is 850. The van der Waals surface area contributed by atoms with Gasteiger partial charge in [0.25, 0.3) is 0 Å². The van der Waals surface area contributed by atoms with Gasteiger partial charge in [-0.05, 0) is 24.8 Å². The number of hydrogen-bond donors (Lipinski definition) is 3. The molecule has 7 nitrogen and oxygen atoms in total. The molecule has 0 spiro atoms. The maximum absolute atomic E-state index is 12.5. The van der Waals surface area contributed by atoms with Crippen LogP contribution in [0.25, 0.3) is 0 Å². The Hall–Kier alpha value is -1.32. The summed E-state index contributed by atoms with van der Waals surface area (Å²) in [4.78, 5) is 0.150. The van der Waals surface area contributed by atoms with Gasteiger partial charge in [-0.3, -0.25) is 5.10 Å². The second kappa shape index (κ2) is 7.13. The highest BCUT2D eigenvalue weighted by atomic mass is 35.5. The van der Waals surface area contributed by atoms with Crippen LogP contribution in [0.5, 0.6) is 5.75 Å². The van der Waals surface area contributed by atoms with Crippen molar-refractivity contribution < 1.29 is 13.5 Å². The fourth-order valence-electron chi connectivity index (χ4n) is 3.08. The van der Waals surface area contributed by atoms with Gasteiger partial charge in [0.15, 0.2) is 0 Å². The standard InChI is InChI=1S/C15H18Cl2N4O3S/c16-12-5-11(14(22)6-13(12)17)15(18)9-1-3-21(4-2-9)25(23,24)10-7-19-20-8-10/h5-9,15,22H,1-4,18H2,(H,19,20)/t15-/m1/s1. The summed E-state index contributed by atoms with van der Waals surface area (Å²) in [6.45, 7) is 0.710. The van der Waals surface area contributed by atoms with E-state index in [4.69, 9.17) is 28.9 Å². The van der Waals surface area contributed by atoms with Gasteiger partial charge in [-0.15, -0.1) is 0 Å². The van der Waals surface area contributed by atoms with Crippen molar-refractivity contribution in [2.75, 3.05) is 13.1 Å². The van der Waals surface area contributed by atoms with Crippen molar-refractivity contribution in [1.29, 1.82) is 0 Å². The highest BCUT2D eigenvalue weighted by molar-refractivity contribution is 7.89. The number of sulfonamides is 1. The lowest BCUT2D eigenvalue weighted by Gasteiger charge is -2.34. The molecule has 1 aliphatic rings. The molecule has 0 aliphatic carbocycles. The van der Waals surface area contributed by atoms with Crippen LogP contribution in [0.2, 0.25) is 10.0 Å². The molecule has 25 heavy (non-hydrogen) atoms. The summed E-state index contributed by atoms with van der Waals surface area (Å²) in [7, 11) is -3.54. The normalized spacial score (nSPS) is 18.4. The van der Waals surface area contributed by atoms with Crippen LogP contribution in [0.1, 0.15) is 24.4 Å². The van der Waals surface area contributed by atoms with E-state index in [1.165, 1.54) is 22.8 Å². The minimum Gasteiger partial charge on any atom is -0.508 e. The molecule has 2 heterocycles. The number of phenolic OH excluding ortho intramolecular Hbond substituents is 1. The molecule has 0 saturated carbocycles. The number of nitrogens with two attached hydrogens (primary N) is 1. The minimum absolute atomic E-state index is 0.00431. The molecule has 0 unspecified atom stereocenters. The molecule has 1 atom stereocenters. The molecule has 1 fully saturated rings. The summed E-state index contributed by atoms with van der Waals surface area (Å²) in [6.07, 6.45) is 3.82. The Labute approximate surface area is 155 Å². The van der Waals surface area contributed by atoms with Crippen LogP contribution in [-0.4, -0.2) is 41.1 Å². The number of nitrogens with one attached hydrogen (secondary N) is 1. The van der Waals surface area contributed by atoms with E-state index in [2.05, 4.69) is 10.2 Å². The van der Waals surface area contributed by atoms with E-state index in [9.17, 15) is 13.5 Å². The van der Waals surface area contributed by atoms with Gasteiger partial charge < -0.3 is 10.8 Å². The van der Waals surface area contributed by atoms with Gasteiger partial charge in [-0.2, -0.15) is 9.40 Å². The predicted molar refractivity (Wildman–Crippen MR) is 95.1 cm³/mol. The number of phenols is 1. The summed E-state index contributed by atoms with van der Waals surface area (Å²) in [5.41, 5.74) is 6.81. The Morgan fingerprint density at radius 3 is 2.52 bits per heavy atom. The molecule has 2 aromatic rings. The third kappa shape index (κ3) is 3.63. The van der Waals surface area contributed by atoms with Crippen LogP contribution in [-0.2, 0) is 10.0 Å². The fraction of sp³-hybridized carbons (Fsp3) is 0.400. The number of piperidine rings is 1. The first-order chi connectivity index (χ1) is 11.8. The van der Waals surface area contributed by atoms with Crippen molar-refractivity contribution in [3.8, 4) is 5.75 Å². The van der Waals surface area contributed by atoms with Crippen LogP contribution in [0.4, 0.5) is 0 Å². The second-order valence-electron chi connectivity index (χ2n) is 6.03. The van der Waals surface area contributed by atoms with E-state index >= 15 is 0 Å². The third-order valence-corrected chi connectivity index (χ3v) is 7.13. The highest BCUT2D eigenvalue weighted by Crippen LogP contribution is 2.38. The summed E-state index contributed by atoms with van der Waals surface area (Å²) < 4.78 is 26.4. The number of rotatable bonds is 4. The van der Waals surface area contributed by atoms with E-state index in [-0.39, 0.29) is 21.6 Å². The van der Waals surface area contributed by atoms with Crippen molar-refractivity contribution >= 4 is 33.2 Å². The smallest absolute Gasteiger partial charge is 0.246 e. The molecule has 4 N–H and O–H groups in total. The van der Waals surface area contributed by atoms with Crippen LogP contribution < -0.4 is 5.73 Å². The van der Waals surface area contributed by atoms with Gasteiger partial charge in [-0.1, -0.05) is 23.2 Å². The number of halogens is 2. The quantitative estimate of drug-likeness (QED) is 0.724. The Balaban J connectivity index is 1.71. The van der Waals surface area contributed by atoms with Crippen LogP contribution in [0.3, 0.4) is 0 Å². The van der Waals surface area contributed by atoms with Gasteiger partial charge in [0, 0.05) is 37.0 Å². The first-order valence-corrected chi connectivity index (χ1v) is 9.92. The van der Waals surface area contributed by atoms with Crippen molar-refractivity contribution in [2.24, 2.45) is 11.7 Å². The second-order valence-corrected chi connectivity index (χ2v) is 8.78. The molecule has 0 bridgehead atoms. The van der Waals surface area contributed by atoms with Gasteiger partial charge in [-0.25, -0.2) is 8.42 Å². The number of benzene rings is 1. The number of hydrogen-bond acceptors (Lipinski definition) is 5. The van der Waals surface area contributed by atoms with Gasteiger partial charge in [0.05, 0.1) is 16.2 Å². The van der Waals surface area contributed by atoms with E-state index in [1.54, 1.807) is 6.07 Å². The Kier molecular flexibility index (Phi) is 5.26. The third-order valence-electron chi connectivity index (χ3n) is 4.55. The van der Waals surface area contributed by atoms with Crippen molar-refractivity contribution in [1.82, 2.24) is 14.5 Å². The largest absolute Gasteiger partial charge is 0.508 e. The summed E-state index contributed by atoms with van der Waals surface area (Å²) in [5, 5.41) is 16.9. The molecule has 10 heteroatoms. The van der Waals surface area contributed by atoms with Crippen LogP contribution >= 0.6 is 23.2 Å². The summed E-state index contributed by atoms with van der Waals surface area (Å²) in [5.74, 6) is 0.0225. The molecule has 0 radical (unpaired) electrons. The van der Waals surface area contributed by atoms with E-state index in [0.29, 0.717) is 36.5 Å². The molecule has 1 aromatic heterocycles. The molecule has 1 aromatic carbocycles. The van der Waals surface area contributed by atoms with E-state index < -0.39 is 16.1 Å². The average Bonchev–Trinajstić information content (AvgIpc) is 3.13. The van der Waals surface area contributed by atoms with Gasteiger partial charge >= 0.3 is 0 Å². The number of H-pyrrole nitrogens is 1. The number of aromatic amines is 1. The topological polar surface area (TPSA) is 112 Å². The zero-order valence-corrected chi connectivity index (χ0v) is 15.5. The Morgan fingerprint density at radius 2 is 1.92 bits per heavy atom. The van der Waals surface area contributed by atoms with E-state index in [1.807, 2.05) is 0 Å². The van der Waals surface area contributed by atoms with Crippen molar-refractivity contribution in [2.45, 2.75) is 23.8 Å². The number of nitrogens with zero attached hydrogens (tertiary/aromatic N) is 2. The first kappa shape index (κ1) is 18.5. The van der Waals surface area contributed by atoms with Crippen molar-refractivity contribution in [3.05, 3.63) is 40.1 Å². The zero-order valence-electron chi connectivity index (χ0n) is 13.2. The SMILES string of the molecule is N[C@@H](c1cc(Cl)c(Cl)cc1O)C1CCN(S(=O)(=O)c2cn[nH]c2)CC1. The van der Waals surface area contributed by atoms with E-state index in [0.717, 1.165) is 0 Å². The number of aromatic nitrogens is 2. The fourth-order valence-corrected chi connectivity index (χ4v) is 4.78. The molecule has 3 rings (SSSR count). The lowest BCUT2D eigenvalue weighted by molar-refractivity contribution is 0.243. The highest BCUT2D eigenvalue weighted by Gasteiger charge is 2.33. The lowest BCUT2D eigenvalue weighted by atomic mass is 9.86. The number of aromatic hydroxyl groups is 1. The molecular weight excluding hydrogens is 387 g/mol. The summed E-state index contributed by atoms with van der Waals surface area (Å²) >= 11 is 11.9. The maximum atomic E-state index is 12.5. The molecule has 1 saturated heterocycles. The Morgan fingerprint density at radius 1 is 1.28 bits per heavy atom. The zero-order chi connectivity index (χ0) is 18.2. The summed E-state index contributed by atoms with van der Waals surface area (Å²) in [6, 6.07) is 2.49. The maximum Gasteiger partial charge on any atom is 0.246 e. The molecule has 136 valence electrons. The monoisotopic (exact) mass is 404 g/mol.